The average molecular weight is 254 g/mol. The molecule has 0 saturated carbocycles. The Balaban J connectivity index is 2.66. The van der Waals surface area contributed by atoms with Crippen molar-refractivity contribution in [2.75, 3.05) is 24.2 Å². The monoisotopic (exact) mass is 254 g/mol. The van der Waals surface area contributed by atoms with E-state index in [0.29, 0.717) is 24.3 Å². The van der Waals surface area contributed by atoms with Gasteiger partial charge in [-0.2, -0.15) is 5.26 Å². The number of sulfonamides is 1. The minimum Gasteiger partial charge on any atom is -0.385 e. The first-order valence-electron chi connectivity index (χ1n) is 5.07. The van der Waals surface area contributed by atoms with Gasteiger partial charge in [0.25, 0.3) is 0 Å². The van der Waals surface area contributed by atoms with E-state index in [1.54, 1.807) is 18.2 Å². The van der Waals surface area contributed by atoms with Crippen LogP contribution in [0.4, 0.5) is 5.69 Å². The Morgan fingerprint density at radius 2 is 2.24 bits per heavy atom. The summed E-state index contributed by atoms with van der Waals surface area (Å²) < 4.78 is 30.5. The third kappa shape index (κ3) is 4.85. The average Bonchev–Trinajstić information content (AvgIpc) is 2.29. The molecule has 0 aliphatic carbocycles. The Labute approximate surface area is 101 Å². The summed E-state index contributed by atoms with van der Waals surface area (Å²) in [4.78, 5) is 0. The first-order valence-corrected chi connectivity index (χ1v) is 6.72. The van der Waals surface area contributed by atoms with Crippen LogP contribution in [0.1, 0.15) is 12.0 Å². The maximum absolute atomic E-state index is 11.6. The van der Waals surface area contributed by atoms with Gasteiger partial charge in [0.05, 0.1) is 17.4 Å². The van der Waals surface area contributed by atoms with Gasteiger partial charge in [0.2, 0.25) is 10.0 Å². The summed E-state index contributed by atoms with van der Waals surface area (Å²) in [6.45, 7) is 0.402. The number of nitrogens with one attached hydrogen (secondary N) is 1. The van der Waals surface area contributed by atoms with Crippen LogP contribution in [0.15, 0.2) is 24.3 Å². The molecule has 0 aromatic heterocycles. The van der Waals surface area contributed by atoms with Crippen LogP contribution in [0.25, 0.3) is 0 Å². The number of rotatable bonds is 6. The van der Waals surface area contributed by atoms with Crippen molar-refractivity contribution < 1.29 is 13.2 Å². The Morgan fingerprint density at radius 3 is 2.88 bits per heavy atom. The Bertz CT molecular complexity index is 506. The highest BCUT2D eigenvalue weighted by Crippen LogP contribution is 2.12. The lowest BCUT2D eigenvalue weighted by Gasteiger charge is -2.07. The molecule has 6 heteroatoms. The molecule has 0 spiro atoms. The van der Waals surface area contributed by atoms with E-state index >= 15 is 0 Å². The third-order valence-corrected chi connectivity index (χ3v) is 3.40. The van der Waals surface area contributed by atoms with Gasteiger partial charge in [0, 0.05) is 19.4 Å². The van der Waals surface area contributed by atoms with E-state index in [4.69, 9.17) is 10.00 Å². The number of ether oxygens (including phenoxy) is 1. The molecule has 1 N–H and O–H groups in total. The lowest BCUT2D eigenvalue weighted by Crippen LogP contribution is -2.17. The van der Waals surface area contributed by atoms with Crippen molar-refractivity contribution in [3.63, 3.8) is 0 Å². The van der Waals surface area contributed by atoms with Crippen LogP contribution in [0.5, 0.6) is 0 Å². The molecule has 1 aromatic carbocycles. The second-order valence-corrected chi connectivity index (χ2v) is 5.30. The zero-order valence-corrected chi connectivity index (χ0v) is 10.3. The predicted octanol–water partition coefficient (Wildman–Crippen LogP) is 1.34. The van der Waals surface area contributed by atoms with E-state index in [2.05, 4.69) is 4.72 Å². The summed E-state index contributed by atoms with van der Waals surface area (Å²) in [6, 6.07) is 8.29. The minimum absolute atomic E-state index is 0.00236. The number of nitriles is 1. The van der Waals surface area contributed by atoms with E-state index in [0.717, 1.165) is 0 Å². The van der Waals surface area contributed by atoms with Gasteiger partial charge in [0.1, 0.15) is 0 Å². The number of hydrogen-bond acceptors (Lipinski definition) is 4. The van der Waals surface area contributed by atoms with Crippen LogP contribution in [-0.2, 0) is 14.8 Å². The molecule has 0 unspecified atom stereocenters. The topological polar surface area (TPSA) is 79.2 Å². The minimum atomic E-state index is -3.37. The van der Waals surface area contributed by atoms with Crippen LogP contribution in [-0.4, -0.2) is 27.9 Å². The summed E-state index contributed by atoms with van der Waals surface area (Å²) in [7, 11) is -1.85. The standard InChI is InChI=1S/C11H14N2O3S/c1-16-6-3-7-17(14,15)13-11-5-2-4-10(8-11)9-12/h2,4-5,8,13H,3,6-7H2,1H3. The molecule has 1 rings (SSSR count). The molecule has 92 valence electrons. The van der Waals surface area contributed by atoms with Gasteiger partial charge >= 0.3 is 0 Å². The van der Waals surface area contributed by atoms with E-state index in [9.17, 15) is 8.42 Å². The second kappa shape index (κ2) is 6.23. The van der Waals surface area contributed by atoms with Crippen LogP contribution in [0, 0.1) is 11.3 Å². The molecule has 0 aliphatic rings. The van der Waals surface area contributed by atoms with Crippen LogP contribution < -0.4 is 4.72 Å². The molecule has 1 aromatic rings. The van der Waals surface area contributed by atoms with Crippen molar-refractivity contribution in [2.45, 2.75) is 6.42 Å². The largest absolute Gasteiger partial charge is 0.385 e. The Morgan fingerprint density at radius 1 is 1.47 bits per heavy atom. The van der Waals surface area contributed by atoms with Gasteiger partial charge in [-0.1, -0.05) is 6.07 Å². The molecule has 0 atom stereocenters. The van der Waals surface area contributed by atoms with Gasteiger partial charge in [-0.3, -0.25) is 4.72 Å². The molecule has 0 aliphatic heterocycles. The molecule has 5 nitrogen and oxygen atoms in total. The summed E-state index contributed by atoms with van der Waals surface area (Å²) in [6.07, 6.45) is 0.434. The van der Waals surface area contributed by atoms with Crippen molar-refractivity contribution in [1.82, 2.24) is 0 Å². The maximum atomic E-state index is 11.6. The van der Waals surface area contributed by atoms with Crippen LogP contribution in [0.3, 0.4) is 0 Å². The maximum Gasteiger partial charge on any atom is 0.232 e. The number of nitrogens with zero attached hydrogens (tertiary/aromatic N) is 1. The number of hydrogen-bond donors (Lipinski definition) is 1. The lowest BCUT2D eigenvalue weighted by molar-refractivity contribution is 0.199. The fourth-order valence-electron chi connectivity index (χ4n) is 1.28. The van der Waals surface area contributed by atoms with Gasteiger partial charge < -0.3 is 4.74 Å². The molecule has 0 amide bonds. The predicted molar refractivity (Wildman–Crippen MR) is 65.1 cm³/mol. The molecule has 17 heavy (non-hydrogen) atoms. The number of methoxy groups -OCH3 is 1. The van der Waals surface area contributed by atoms with Gasteiger partial charge in [-0.15, -0.1) is 0 Å². The first-order chi connectivity index (χ1) is 8.07. The quantitative estimate of drug-likeness (QED) is 0.777. The molecule has 0 fully saturated rings. The zero-order valence-electron chi connectivity index (χ0n) is 9.51. The van der Waals surface area contributed by atoms with E-state index in [-0.39, 0.29) is 5.75 Å². The summed E-state index contributed by atoms with van der Waals surface area (Å²) in [5.41, 5.74) is 0.823. The summed E-state index contributed by atoms with van der Waals surface area (Å²) >= 11 is 0. The first kappa shape index (κ1) is 13.5. The molecule has 0 radical (unpaired) electrons. The zero-order chi connectivity index (χ0) is 12.7. The SMILES string of the molecule is COCCCS(=O)(=O)Nc1cccc(C#N)c1. The van der Waals surface area contributed by atoms with E-state index in [1.807, 2.05) is 6.07 Å². The Hall–Kier alpha value is -1.58. The van der Waals surface area contributed by atoms with Crippen molar-refractivity contribution in [2.24, 2.45) is 0 Å². The molecule has 0 heterocycles. The smallest absolute Gasteiger partial charge is 0.232 e. The fourth-order valence-corrected chi connectivity index (χ4v) is 2.36. The lowest BCUT2D eigenvalue weighted by atomic mass is 10.2. The van der Waals surface area contributed by atoms with Gasteiger partial charge in [-0.05, 0) is 24.6 Å². The van der Waals surface area contributed by atoms with Crippen molar-refractivity contribution >= 4 is 15.7 Å². The van der Waals surface area contributed by atoms with Crippen molar-refractivity contribution in [3.05, 3.63) is 29.8 Å². The van der Waals surface area contributed by atoms with Crippen molar-refractivity contribution in [1.29, 1.82) is 5.26 Å². The highest BCUT2D eigenvalue weighted by Gasteiger charge is 2.09. The van der Waals surface area contributed by atoms with Crippen molar-refractivity contribution in [3.8, 4) is 6.07 Å². The van der Waals surface area contributed by atoms with E-state index in [1.165, 1.54) is 13.2 Å². The Kier molecular flexibility index (Phi) is 4.94. The molecule has 0 bridgehead atoms. The summed E-state index contributed by atoms with van der Waals surface area (Å²) in [5, 5.41) is 8.69. The normalized spacial score (nSPS) is 10.8. The third-order valence-electron chi connectivity index (χ3n) is 2.03. The number of anilines is 1. The highest BCUT2D eigenvalue weighted by atomic mass is 32.2. The molecule has 0 saturated heterocycles. The van der Waals surface area contributed by atoms with E-state index < -0.39 is 10.0 Å². The van der Waals surface area contributed by atoms with Gasteiger partial charge in [0.15, 0.2) is 0 Å². The fraction of sp³-hybridized carbons (Fsp3) is 0.364. The van der Waals surface area contributed by atoms with Crippen LogP contribution in [0.2, 0.25) is 0 Å². The molecular formula is C11H14N2O3S. The highest BCUT2D eigenvalue weighted by molar-refractivity contribution is 7.92. The molecular weight excluding hydrogens is 240 g/mol. The van der Waals surface area contributed by atoms with Gasteiger partial charge in [-0.25, -0.2) is 8.42 Å². The summed E-state index contributed by atoms with van der Waals surface area (Å²) in [5.74, 6) is -0.00236. The van der Waals surface area contributed by atoms with Crippen LogP contribution >= 0.6 is 0 Å². The number of benzene rings is 1. The second-order valence-electron chi connectivity index (χ2n) is 3.46.